The van der Waals surface area contributed by atoms with Gasteiger partial charge >= 0.3 is 0 Å². The maximum atomic E-state index is 10.6. The summed E-state index contributed by atoms with van der Waals surface area (Å²) in [6.07, 6.45) is -1.30. The normalized spacial score (nSPS) is 14.2. The van der Waals surface area contributed by atoms with Gasteiger partial charge in [0, 0.05) is 12.6 Å². The SMILES string of the molecule is CC(NCC(O)C(N)=O)c1c(O)cccc1O. The first-order valence-corrected chi connectivity index (χ1v) is 5.15. The van der Waals surface area contributed by atoms with Crippen molar-refractivity contribution in [2.45, 2.75) is 19.1 Å². The average molecular weight is 240 g/mol. The lowest BCUT2D eigenvalue weighted by Crippen LogP contribution is -2.38. The van der Waals surface area contributed by atoms with Gasteiger partial charge in [-0.25, -0.2) is 0 Å². The molecule has 1 rings (SSSR count). The van der Waals surface area contributed by atoms with Crippen LogP contribution < -0.4 is 11.1 Å². The van der Waals surface area contributed by atoms with E-state index in [1.54, 1.807) is 6.92 Å². The first kappa shape index (κ1) is 13.3. The van der Waals surface area contributed by atoms with Crippen molar-refractivity contribution in [1.82, 2.24) is 5.32 Å². The lowest BCUT2D eigenvalue weighted by atomic mass is 10.1. The first-order chi connectivity index (χ1) is 7.93. The molecule has 0 aliphatic carbocycles. The summed E-state index contributed by atoms with van der Waals surface area (Å²) in [6.45, 7) is 1.63. The van der Waals surface area contributed by atoms with E-state index in [-0.39, 0.29) is 18.0 Å². The molecule has 0 bridgehead atoms. The van der Waals surface area contributed by atoms with Crippen molar-refractivity contribution in [1.29, 1.82) is 0 Å². The number of phenols is 2. The minimum absolute atomic E-state index is 0.0513. The second kappa shape index (κ2) is 5.51. The predicted octanol–water partition coefficient (Wildman–Crippen LogP) is -0.405. The van der Waals surface area contributed by atoms with Crippen LogP contribution in [0.25, 0.3) is 0 Å². The van der Waals surface area contributed by atoms with Crippen molar-refractivity contribution in [2.24, 2.45) is 5.73 Å². The number of carbonyl (C=O) groups is 1. The van der Waals surface area contributed by atoms with Gasteiger partial charge in [-0.05, 0) is 19.1 Å². The van der Waals surface area contributed by atoms with E-state index in [0.29, 0.717) is 5.56 Å². The molecular weight excluding hydrogens is 224 g/mol. The molecule has 1 aromatic rings. The van der Waals surface area contributed by atoms with Crippen molar-refractivity contribution < 1.29 is 20.1 Å². The molecule has 0 saturated heterocycles. The number of aromatic hydroxyl groups is 2. The molecule has 0 aliphatic heterocycles. The van der Waals surface area contributed by atoms with Crippen LogP contribution >= 0.6 is 0 Å². The van der Waals surface area contributed by atoms with Crippen molar-refractivity contribution in [3.05, 3.63) is 23.8 Å². The molecule has 2 atom stereocenters. The second-order valence-corrected chi connectivity index (χ2v) is 3.76. The zero-order valence-electron chi connectivity index (χ0n) is 9.42. The number of hydrogen-bond donors (Lipinski definition) is 5. The van der Waals surface area contributed by atoms with E-state index in [4.69, 9.17) is 5.73 Å². The van der Waals surface area contributed by atoms with Crippen molar-refractivity contribution in [3.63, 3.8) is 0 Å². The molecule has 0 radical (unpaired) electrons. The minimum atomic E-state index is -1.30. The molecule has 94 valence electrons. The zero-order valence-corrected chi connectivity index (χ0v) is 9.42. The number of aliphatic hydroxyl groups is 1. The standard InChI is InChI=1S/C11H16N2O4/c1-6(13-5-9(16)11(12)17)10-7(14)3-2-4-8(10)15/h2-4,6,9,13-16H,5H2,1H3,(H2,12,17). The van der Waals surface area contributed by atoms with Crippen LogP contribution in [0.5, 0.6) is 11.5 Å². The molecule has 0 saturated carbocycles. The molecule has 0 aliphatic rings. The minimum Gasteiger partial charge on any atom is -0.507 e. The smallest absolute Gasteiger partial charge is 0.247 e. The third-order valence-electron chi connectivity index (χ3n) is 2.44. The number of nitrogens with one attached hydrogen (secondary N) is 1. The quantitative estimate of drug-likeness (QED) is 0.480. The van der Waals surface area contributed by atoms with Crippen LogP contribution in [0.2, 0.25) is 0 Å². The van der Waals surface area contributed by atoms with Gasteiger partial charge in [-0.15, -0.1) is 0 Å². The molecule has 0 aromatic heterocycles. The van der Waals surface area contributed by atoms with Crippen molar-refractivity contribution >= 4 is 5.91 Å². The molecule has 6 heteroatoms. The average Bonchev–Trinajstić information content (AvgIpc) is 2.25. The van der Waals surface area contributed by atoms with Gasteiger partial charge in [0.15, 0.2) is 0 Å². The van der Waals surface area contributed by atoms with Gasteiger partial charge in [0.25, 0.3) is 0 Å². The highest BCUT2D eigenvalue weighted by Crippen LogP contribution is 2.31. The van der Waals surface area contributed by atoms with Crippen LogP contribution in [0.3, 0.4) is 0 Å². The van der Waals surface area contributed by atoms with Gasteiger partial charge in [-0.2, -0.15) is 0 Å². The molecule has 2 unspecified atom stereocenters. The summed E-state index contributed by atoms with van der Waals surface area (Å²) >= 11 is 0. The van der Waals surface area contributed by atoms with Gasteiger partial charge in [0.1, 0.15) is 17.6 Å². The van der Waals surface area contributed by atoms with Crippen LogP contribution in [-0.4, -0.2) is 33.9 Å². The summed E-state index contributed by atoms with van der Waals surface area (Å²) in [4.78, 5) is 10.6. The number of nitrogens with two attached hydrogens (primary N) is 1. The fourth-order valence-corrected chi connectivity index (χ4v) is 1.48. The molecular formula is C11H16N2O4. The van der Waals surface area contributed by atoms with Gasteiger partial charge in [0.05, 0.1) is 5.56 Å². The van der Waals surface area contributed by atoms with Crippen LogP contribution in [0.4, 0.5) is 0 Å². The molecule has 17 heavy (non-hydrogen) atoms. The number of hydrogen-bond acceptors (Lipinski definition) is 5. The summed E-state index contributed by atoms with van der Waals surface area (Å²) in [5, 5.41) is 31.2. The lowest BCUT2D eigenvalue weighted by Gasteiger charge is -2.18. The Bertz CT molecular complexity index is 388. The Morgan fingerprint density at radius 2 is 1.94 bits per heavy atom. The summed E-state index contributed by atoms with van der Waals surface area (Å²) in [7, 11) is 0. The van der Waals surface area contributed by atoms with Crippen LogP contribution in [-0.2, 0) is 4.79 Å². The largest absolute Gasteiger partial charge is 0.507 e. The molecule has 1 amide bonds. The Morgan fingerprint density at radius 1 is 1.41 bits per heavy atom. The Hall–Kier alpha value is -1.79. The highest BCUT2D eigenvalue weighted by atomic mass is 16.3. The van der Waals surface area contributed by atoms with Gasteiger partial charge in [0.2, 0.25) is 5.91 Å². The van der Waals surface area contributed by atoms with Crippen molar-refractivity contribution in [3.8, 4) is 11.5 Å². The first-order valence-electron chi connectivity index (χ1n) is 5.15. The molecule has 6 nitrogen and oxygen atoms in total. The Balaban J connectivity index is 2.70. The number of primary amides is 1. The highest BCUT2D eigenvalue weighted by Gasteiger charge is 2.17. The summed E-state index contributed by atoms with van der Waals surface area (Å²) in [6, 6.07) is 3.97. The number of aliphatic hydroxyl groups excluding tert-OH is 1. The second-order valence-electron chi connectivity index (χ2n) is 3.76. The summed E-state index contributed by atoms with van der Waals surface area (Å²) in [5.41, 5.74) is 5.20. The maximum Gasteiger partial charge on any atom is 0.247 e. The zero-order chi connectivity index (χ0) is 13.0. The van der Waals surface area contributed by atoms with E-state index in [9.17, 15) is 20.1 Å². The molecule has 6 N–H and O–H groups in total. The summed E-state index contributed by atoms with van der Waals surface area (Å²) < 4.78 is 0. The fourth-order valence-electron chi connectivity index (χ4n) is 1.48. The number of phenolic OH excluding ortho intramolecular Hbond substituents is 2. The topological polar surface area (TPSA) is 116 Å². The third kappa shape index (κ3) is 3.33. The van der Waals surface area contributed by atoms with Crippen LogP contribution in [0.15, 0.2) is 18.2 Å². The van der Waals surface area contributed by atoms with E-state index in [1.807, 2.05) is 0 Å². The highest BCUT2D eigenvalue weighted by molar-refractivity contribution is 5.78. The number of benzene rings is 1. The van der Waals surface area contributed by atoms with E-state index in [1.165, 1.54) is 18.2 Å². The Labute approximate surface area is 98.7 Å². The Kier molecular flexibility index (Phi) is 4.30. The maximum absolute atomic E-state index is 10.6. The van der Waals surface area contributed by atoms with E-state index < -0.39 is 18.1 Å². The molecule has 0 spiro atoms. The number of carbonyl (C=O) groups excluding carboxylic acids is 1. The molecule has 0 heterocycles. The summed E-state index contributed by atoms with van der Waals surface area (Å²) in [5.74, 6) is -0.941. The predicted molar refractivity (Wildman–Crippen MR) is 61.4 cm³/mol. The molecule has 0 fully saturated rings. The third-order valence-corrected chi connectivity index (χ3v) is 2.44. The monoisotopic (exact) mass is 240 g/mol. The van der Waals surface area contributed by atoms with E-state index >= 15 is 0 Å². The van der Waals surface area contributed by atoms with Crippen LogP contribution in [0.1, 0.15) is 18.5 Å². The van der Waals surface area contributed by atoms with Gasteiger partial charge in [-0.1, -0.05) is 6.07 Å². The molecule has 1 aromatic carbocycles. The fraction of sp³-hybridized carbons (Fsp3) is 0.364. The van der Waals surface area contributed by atoms with E-state index in [2.05, 4.69) is 5.32 Å². The van der Waals surface area contributed by atoms with Gasteiger partial charge < -0.3 is 26.4 Å². The van der Waals surface area contributed by atoms with E-state index in [0.717, 1.165) is 0 Å². The Morgan fingerprint density at radius 3 is 2.41 bits per heavy atom. The lowest BCUT2D eigenvalue weighted by molar-refractivity contribution is -0.125. The number of rotatable bonds is 5. The van der Waals surface area contributed by atoms with Gasteiger partial charge in [-0.3, -0.25) is 4.79 Å². The van der Waals surface area contributed by atoms with Crippen LogP contribution in [0, 0.1) is 0 Å². The van der Waals surface area contributed by atoms with Crippen molar-refractivity contribution in [2.75, 3.05) is 6.54 Å². The number of amides is 1.